The van der Waals surface area contributed by atoms with E-state index in [1.54, 1.807) is 6.07 Å². The van der Waals surface area contributed by atoms with Gasteiger partial charge in [0.05, 0.1) is 0 Å². The van der Waals surface area contributed by atoms with E-state index in [9.17, 15) is 4.79 Å². The summed E-state index contributed by atoms with van der Waals surface area (Å²) in [6, 6.07) is 5.72. The SMILES string of the molecule is Cc1cccc(C(=O)N2CCCCC2CN)n1. The minimum Gasteiger partial charge on any atom is -0.333 e. The number of nitrogens with zero attached hydrogens (tertiary/aromatic N) is 2. The van der Waals surface area contributed by atoms with Crippen LogP contribution in [0.1, 0.15) is 35.4 Å². The summed E-state index contributed by atoms with van der Waals surface area (Å²) in [4.78, 5) is 18.5. The van der Waals surface area contributed by atoms with Gasteiger partial charge in [0.15, 0.2) is 0 Å². The third-order valence-corrected chi connectivity index (χ3v) is 3.27. The molecule has 1 aliphatic heterocycles. The Balaban J connectivity index is 2.18. The van der Waals surface area contributed by atoms with Crippen molar-refractivity contribution in [2.45, 2.75) is 32.2 Å². The highest BCUT2D eigenvalue weighted by Gasteiger charge is 2.26. The summed E-state index contributed by atoms with van der Waals surface area (Å²) in [6.07, 6.45) is 3.23. The predicted molar refractivity (Wildman–Crippen MR) is 66.7 cm³/mol. The zero-order chi connectivity index (χ0) is 12.3. The number of likely N-dealkylation sites (tertiary alicyclic amines) is 1. The van der Waals surface area contributed by atoms with Crippen molar-refractivity contribution < 1.29 is 4.79 Å². The second kappa shape index (κ2) is 5.27. The van der Waals surface area contributed by atoms with Crippen molar-refractivity contribution in [3.63, 3.8) is 0 Å². The third-order valence-electron chi connectivity index (χ3n) is 3.27. The topological polar surface area (TPSA) is 59.2 Å². The summed E-state index contributed by atoms with van der Waals surface area (Å²) < 4.78 is 0. The largest absolute Gasteiger partial charge is 0.333 e. The average molecular weight is 233 g/mol. The number of hydrogen-bond acceptors (Lipinski definition) is 3. The van der Waals surface area contributed by atoms with E-state index in [-0.39, 0.29) is 11.9 Å². The molecule has 4 nitrogen and oxygen atoms in total. The number of carbonyl (C=O) groups excluding carboxylic acids is 1. The molecule has 2 rings (SSSR count). The molecule has 2 heterocycles. The van der Waals surface area contributed by atoms with E-state index in [1.807, 2.05) is 24.0 Å². The molecule has 0 aliphatic carbocycles. The minimum atomic E-state index is 0.0175. The van der Waals surface area contributed by atoms with Crippen molar-refractivity contribution in [1.29, 1.82) is 0 Å². The molecule has 92 valence electrons. The van der Waals surface area contributed by atoms with Gasteiger partial charge in [-0.1, -0.05) is 6.07 Å². The van der Waals surface area contributed by atoms with Crippen molar-refractivity contribution in [2.24, 2.45) is 5.73 Å². The molecule has 1 aliphatic rings. The van der Waals surface area contributed by atoms with Gasteiger partial charge in [-0.25, -0.2) is 4.98 Å². The van der Waals surface area contributed by atoms with Crippen molar-refractivity contribution in [3.8, 4) is 0 Å². The molecule has 0 saturated carbocycles. The highest BCUT2D eigenvalue weighted by molar-refractivity contribution is 5.92. The van der Waals surface area contributed by atoms with Crippen molar-refractivity contribution in [1.82, 2.24) is 9.88 Å². The summed E-state index contributed by atoms with van der Waals surface area (Å²) in [6.45, 7) is 3.24. The van der Waals surface area contributed by atoms with Crippen LogP contribution in [0.5, 0.6) is 0 Å². The first-order valence-electron chi connectivity index (χ1n) is 6.17. The summed E-state index contributed by atoms with van der Waals surface area (Å²) >= 11 is 0. The van der Waals surface area contributed by atoms with Crippen LogP contribution in [0.4, 0.5) is 0 Å². The van der Waals surface area contributed by atoms with Crippen molar-refractivity contribution >= 4 is 5.91 Å². The van der Waals surface area contributed by atoms with Gasteiger partial charge in [0.1, 0.15) is 5.69 Å². The zero-order valence-electron chi connectivity index (χ0n) is 10.2. The number of aryl methyl sites for hydroxylation is 1. The number of amides is 1. The maximum Gasteiger partial charge on any atom is 0.272 e. The van der Waals surface area contributed by atoms with Crippen LogP contribution in [0.15, 0.2) is 18.2 Å². The number of pyridine rings is 1. The van der Waals surface area contributed by atoms with Gasteiger partial charge in [-0.15, -0.1) is 0 Å². The Kier molecular flexibility index (Phi) is 3.74. The van der Waals surface area contributed by atoms with E-state index < -0.39 is 0 Å². The number of aromatic nitrogens is 1. The quantitative estimate of drug-likeness (QED) is 0.838. The number of carbonyl (C=O) groups is 1. The van der Waals surface area contributed by atoms with E-state index >= 15 is 0 Å². The fourth-order valence-electron chi connectivity index (χ4n) is 2.32. The van der Waals surface area contributed by atoms with Gasteiger partial charge in [-0.2, -0.15) is 0 Å². The number of piperidine rings is 1. The fourth-order valence-corrected chi connectivity index (χ4v) is 2.32. The lowest BCUT2D eigenvalue weighted by atomic mass is 10.0. The van der Waals surface area contributed by atoms with Gasteiger partial charge in [0, 0.05) is 24.8 Å². The van der Waals surface area contributed by atoms with Gasteiger partial charge in [0.25, 0.3) is 5.91 Å². The molecule has 0 bridgehead atoms. The van der Waals surface area contributed by atoms with Crippen molar-refractivity contribution in [3.05, 3.63) is 29.6 Å². The van der Waals surface area contributed by atoms with E-state index in [4.69, 9.17) is 5.73 Å². The predicted octanol–water partition coefficient (Wildman–Crippen LogP) is 1.34. The number of hydrogen-bond donors (Lipinski definition) is 1. The maximum absolute atomic E-state index is 12.3. The normalized spacial score (nSPS) is 20.4. The van der Waals surface area contributed by atoms with Gasteiger partial charge in [-0.05, 0) is 38.3 Å². The van der Waals surface area contributed by atoms with Crippen LogP contribution in [-0.4, -0.2) is 34.9 Å². The lowest BCUT2D eigenvalue weighted by Crippen LogP contribution is -2.47. The fraction of sp³-hybridized carbons (Fsp3) is 0.538. The Hall–Kier alpha value is -1.42. The Morgan fingerprint density at radius 2 is 2.35 bits per heavy atom. The van der Waals surface area contributed by atoms with Crippen LogP contribution in [0.3, 0.4) is 0 Å². The molecule has 1 aromatic heterocycles. The third kappa shape index (κ3) is 2.64. The molecule has 4 heteroatoms. The molecule has 1 saturated heterocycles. The number of nitrogens with two attached hydrogens (primary N) is 1. The first kappa shape index (κ1) is 12.0. The molecule has 0 aromatic carbocycles. The number of rotatable bonds is 2. The summed E-state index contributed by atoms with van der Waals surface area (Å²) in [5.41, 5.74) is 7.13. The molecule has 1 fully saturated rings. The highest BCUT2D eigenvalue weighted by atomic mass is 16.2. The maximum atomic E-state index is 12.3. The molecule has 1 aromatic rings. The molecule has 1 amide bonds. The monoisotopic (exact) mass is 233 g/mol. The van der Waals surface area contributed by atoms with Crippen molar-refractivity contribution in [2.75, 3.05) is 13.1 Å². The molecule has 0 radical (unpaired) electrons. The van der Waals surface area contributed by atoms with Crippen LogP contribution >= 0.6 is 0 Å². The van der Waals surface area contributed by atoms with Crippen LogP contribution < -0.4 is 5.73 Å². The average Bonchev–Trinajstić information content (AvgIpc) is 2.38. The Morgan fingerprint density at radius 3 is 3.06 bits per heavy atom. The molecule has 2 N–H and O–H groups in total. The van der Waals surface area contributed by atoms with Gasteiger partial charge >= 0.3 is 0 Å². The van der Waals surface area contributed by atoms with Gasteiger partial charge in [0.2, 0.25) is 0 Å². The van der Waals surface area contributed by atoms with Crippen LogP contribution in [0.2, 0.25) is 0 Å². The molecular formula is C13H19N3O. The molecule has 1 atom stereocenters. The summed E-state index contributed by atoms with van der Waals surface area (Å²) in [5, 5.41) is 0. The lowest BCUT2D eigenvalue weighted by Gasteiger charge is -2.34. The van der Waals surface area contributed by atoms with E-state index in [1.165, 1.54) is 0 Å². The molecule has 17 heavy (non-hydrogen) atoms. The van der Waals surface area contributed by atoms with Crippen LogP contribution in [-0.2, 0) is 0 Å². The Labute approximate surface area is 102 Å². The minimum absolute atomic E-state index is 0.0175. The first-order chi connectivity index (χ1) is 8.22. The summed E-state index contributed by atoms with van der Waals surface area (Å²) in [7, 11) is 0. The van der Waals surface area contributed by atoms with Gasteiger partial charge < -0.3 is 10.6 Å². The zero-order valence-corrected chi connectivity index (χ0v) is 10.2. The van der Waals surface area contributed by atoms with E-state index in [0.717, 1.165) is 31.5 Å². The molecular weight excluding hydrogens is 214 g/mol. The molecule has 0 spiro atoms. The lowest BCUT2D eigenvalue weighted by molar-refractivity contribution is 0.0617. The van der Waals surface area contributed by atoms with E-state index in [2.05, 4.69) is 4.98 Å². The molecule has 1 unspecified atom stereocenters. The second-order valence-corrected chi connectivity index (χ2v) is 4.55. The standard InChI is InChI=1S/C13H19N3O/c1-10-5-4-7-12(15-10)13(17)16-8-3-2-6-11(16)9-14/h4-5,7,11H,2-3,6,8-9,14H2,1H3. The Morgan fingerprint density at radius 1 is 1.53 bits per heavy atom. The van der Waals surface area contributed by atoms with Gasteiger partial charge in [-0.3, -0.25) is 4.79 Å². The first-order valence-corrected chi connectivity index (χ1v) is 6.17. The smallest absolute Gasteiger partial charge is 0.272 e. The van der Waals surface area contributed by atoms with E-state index in [0.29, 0.717) is 12.2 Å². The van der Waals surface area contributed by atoms with Crippen LogP contribution in [0.25, 0.3) is 0 Å². The second-order valence-electron chi connectivity index (χ2n) is 4.55. The van der Waals surface area contributed by atoms with Crippen LogP contribution in [0, 0.1) is 6.92 Å². The highest BCUT2D eigenvalue weighted by Crippen LogP contribution is 2.18. The Bertz CT molecular complexity index is 405. The summed E-state index contributed by atoms with van der Waals surface area (Å²) in [5.74, 6) is 0.0175.